The van der Waals surface area contributed by atoms with Crippen LogP contribution in [0.3, 0.4) is 0 Å². The summed E-state index contributed by atoms with van der Waals surface area (Å²) in [6, 6.07) is 10.1. The molecule has 0 saturated carbocycles. The first-order chi connectivity index (χ1) is 6.84. The lowest BCUT2D eigenvalue weighted by atomic mass is 10.1. The van der Waals surface area contributed by atoms with Crippen molar-refractivity contribution in [3.05, 3.63) is 35.9 Å². The Morgan fingerprint density at radius 3 is 2.64 bits per heavy atom. The molecule has 0 atom stereocenters. The Morgan fingerprint density at radius 1 is 1.21 bits per heavy atom. The Labute approximate surface area is 82.4 Å². The maximum Gasteiger partial charge on any atom is 0.433 e. The molecule has 0 fully saturated rings. The van der Waals surface area contributed by atoms with E-state index in [9.17, 15) is 4.79 Å². The minimum absolute atomic E-state index is 0.367. The van der Waals surface area contributed by atoms with E-state index in [0.29, 0.717) is 6.61 Å². The standard InChI is InChI=1S/C11H11NO2/c13-11-12-10(8-14-11)7-6-9-4-2-1-3-5-9/h1-5H,6-8H2. The minimum atomic E-state index is -0.451. The number of carbonyl (C=O) groups excluding carboxylic acids is 1. The maximum atomic E-state index is 10.7. The molecular formula is C11H11NO2. The lowest BCUT2D eigenvalue weighted by Gasteiger charge is -1.99. The minimum Gasteiger partial charge on any atom is -0.442 e. The molecule has 0 spiro atoms. The third kappa shape index (κ3) is 2.19. The van der Waals surface area contributed by atoms with Crippen molar-refractivity contribution in [1.82, 2.24) is 0 Å². The first-order valence-electron chi connectivity index (χ1n) is 4.62. The predicted molar refractivity (Wildman–Crippen MR) is 53.5 cm³/mol. The zero-order chi connectivity index (χ0) is 9.80. The predicted octanol–water partition coefficient (Wildman–Crippen LogP) is 2.21. The van der Waals surface area contributed by atoms with E-state index < -0.39 is 6.09 Å². The number of hydrogen-bond acceptors (Lipinski definition) is 2. The molecule has 0 aliphatic carbocycles. The molecule has 2 rings (SSSR count). The van der Waals surface area contributed by atoms with E-state index in [0.717, 1.165) is 18.6 Å². The molecule has 0 bridgehead atoms. The van der Waals surface area contributed by atoms with Crippen LogP contribution in [-0.2, 0) is 11.2 Å². The number of benzene rings is 1. The van der Waals surface area contributed by atoms with E-state index >= 15 is 0 Å². The van der Waals surface area contributed by atoms with Crippen LogP contribution >= 0.6 is 0 Å². The molecule has 14 heavy (non-hydrogen) atoms. The molecule has 1 aromatic rings. The van der Waals surface area contributed by atoms with E-state index in [1.807, 2.05) is 18.2 Å². The Hall–Kier alpha value is -1.64. The molecule has 1 aliphatic heterocycles. The second kappa shape index (κ2) is 4.05. The highest BCUT2D eigenvalue weighted by molar-refractivity contribution is 5.98. The van der Waals surface area contributed by atoms with Crippen LogP contribution in [0, 0.1) is 0 Å². The average molecular weight is 189 g/mol. The number of amides is 1. The van der Waals surface area contributed by atoms with Crippen LogP contribution in [0.4, 0.5) is 4.79 Å². The highest BCUT2D eigenvalue weighted by Gasteiger charge is 2.13. The lowest BCUT2D eigenvalue weighted by Crippen LogP contribution is -2.02. The van der Waals surface area contributed by atoms with Gasteiger partial charge in [-0.3, -0.25) is 0 Å². The highest BCUT2D eigenvalue weighted by atomic mass is 16.6. The largest absolute Gasteiger partial charge is 0.442 e. The summed E-state index contributed by atoms with van der Waals surface area (Å²) in [4.78, 5) is 14.4. The summed E-state index contributed by atoms with van der Waals surface area (Å²) in [5, 5.41) is 0. The van der Waals surface area contributed by atoms with Gasteiger partial charge in [0.2, 0.25) is 0 Å². The first kappa shape index (κ1) is 8.94. The molecule has 3 heteroatoms. The molecule has 1 amide bonds. The summed E-state index contributed by atoms with van der Waals surface area (Å²) < 4.78 is 4.71. The molecule has 3 nitrogen and oxygen atoms in total. The van der Waals surface area contributed by atoms with Crippen LogP contribution in [0.25, 0.3) is 0 Å². The van der Waals surface area contributed by atoms with E-state index in [2.05, 4.69) is 17.1 Å². The van der Waals surface area contributed by atoms with Gasteiger partial charge in [-0.05, 0) is 18.4 Å². The average Bonchev–Trinajstić information content (AvgIpc) is 2.63. The fourth-order valence-electron chi connectivity index (χ4n) is 1.40. The monoisotopic (exact) mass is 189 g/mol. The number of aryl methyl sites for hydroxylation is 1. The zero-order valence-corrected chi connectivity index (χ0v) is 7.77. The summed E-state index contributed by atoms with van der Waals surface area (Å²) in [6.07, 6.45) is 1.26. The summed E-state index contributed by atoms with van der Waals surface area (Å²) in [5.41, 5.74) is 2.11. The van der Waals surface area contributed by atoms with Crippen LogP contribution in [0.15, 0.2) is 35.3 Å². The summed E-state index contributed by atoms with van der Waals surface area (Å²) >= 11 is 0. The van der Waals surface area contributed by atoms with Crippen molar-refractivity contribution < 1.29 is 9.53 Å². The van der Waals surface area contributed by atoms with E-state index in [4.69, 9.17) is 4.74 Å². The van der Waals surface area contributed by atoms with Crippen molar-refractivity contribution in [1.29, 1.82) is 0 Å². The van der Waals surface area contributed by atoms with Gasteiger partial charge in [0.1, 0.15) is 6.61 Å². The van der Waals surface area contributed by atoms with Gasteiger partial charge in [-0.1, -0.05) is 30.3 Å². The third-order valence-electron chi connectivity index (χ3n) is 2.16. The maximum absolute atomic E-state index is 10.7. The molecular weight excluding hydrogens is 178 g/mol. The van der Waals surface area contributed by atoms with E-state index in [1.165, 1.54) is 5.56 Å². The van der Waals surface area contributed by atoms with Crippen LogP contribution in [0.1, 0.15) is 12.0 Å². The molecule has 0 saturated heterocycles. The zero-order valence-electron chi connectivity index (χ0n) is 7.77. The SMILES string of the molecule is O=C1N=C(CCc2ccccc2)CO1. The molecule has 0 radical (unpaired) electrons. The number of rotatable bonds is 3. The molecule has 1 heterocycles. The fraction of sp³-hybridized carbons (Fsp3) is 0.273. The first-order valence-corrected chi connectivity index (χ1v) is 4.62. The molecule has 0 aromatic heterocycles. The van der Waals surface area contributed by atoms with Gasteiger partial charge < -0.3 is 4.74 Å². The van der Waals surface area contributed by atoms with Gasteiger partial charge in [0.25, 0.3) is 0 Å². The van der Waals surface area contributed by atoms with Crippen molar-refractivity contribution in [2.75, 3.05) is 6.61 Å². The van der Waals surface area contributed by atoms with Crippen molar-refractivity contribution in [2.45, 2.75) is 12.8 Å². The quantitative estimate of drug-likeness (QED) is 0.731. The van der Waals surface area contributed by atoms with Crippen molar-refractivity contribution in [2.24, 2.45) is 4.99 Å². The van der Waals surface area contributed by atoms with Gasteiger partial charge in [0.05, 0.1) is 5.71 Å². The number of nitrogens with zero attached hydrogens (tertiary/aromatic N) is 1. The van der Waals surface area contributed by atoms with Crippen molar-refractivity contribution >= 4 is 11.8 Å². The lowest BCUT2D eigenvalue weighted by molar-refractivity contribution is 0.181. The van der Waals surface area contributed by atoms with Gasteiger partial charge in [-0.15, -0.1) is 0 Å². The molecule has 72 valence electrons. The topological polar surface area (TPSA) is 38.7 Å². The van der Waals surface area contributed by atoms with Crippen LogP contribution in [-0.4, -0.2) is 18.4 Å². The van der Waals surface area contributed by atoms with Crippen LogP contribution in [0.2, 0.25) is 0 Å². The summed E-state index contributed by atoms with van der Waals surface area (Å²) in [5.74, 6) is 0. The molecule has 0 unspecified atom stereocenters. The Kier molecular flexibility index (Phi) is 2.58. The van der Waals surface area contributed by atoms with E-state index in [-0.39, 0.29) is 0 Å². The number of carbonyl (C=O) groups is 1. The Bertz CT molecular complexity index is 357. The fourth-order valence-corrected chi connectivity index (χ4v) is 1.40. The number of hydrogen-bond donors (Lipinski definition) is 0. The van der Waals surface area contributed by atoms with Gasteiger partial charge in [0.15, 0.2) is 0 Å². The Morgan fingerprint density at radius 2 is 2.00 bits per heavy atom. The third-order valence-corrected chi connectivity index (χ3v) is 2.16. The second-order valence-electron chi connectivity index (χ2n) is 3.22. The number of ether oxygens (including phenoxy) is 1. The van der Waals surface area contributed by atoms with Crippen molar-refractivity contribution in [3.8, 4) is 0 Å². The summed E-state index contributed by atoms with van der Waals surface area (Å²) in [6.45, 7) is 0.367. The number of cyclic esters (lactones) is 1. The normalized spacial score (nSPS) is 15.1. The second-order valence-corrected chi connectivity index (χ2v) is 3.22. The smallest absolute Gasteiger partial charge is 0.433 e. The van der Waals surface area contributed by atoms with Gasteiger partial charge in [-0.2, -0.15) is 4.99 Å². The highest BCUT2D eigenvalue weighted by Crippen LogP contribution is 2.07. The van der Waals surface area contributed by atoms with Gasteiger partial charge in [0, 0.05) is 0 Å². The van der Waals surface area contributed by atoms with Crippen LogP contribution < -0.4 is 0 Å². The summed E-state index contributed by atoms with van der Waals surface area (Å²) in [7, 11) is 0. The molecule has 1 aromatic carbocycles. The van der Waals surface area contributed by atoms with Gasteiger partial charge in [-0.25, -0.2) is 4.79 Å². The van der Waals surface area contributed by atoms with Gasteiger partial charge >= 0.3 is 6.09 Å². The van der Waals surface area contributed by atoms with Crippen LogP contribution in [0.5, 0.6) is 0 Å². The molecule has 1 aliphatic rings. The van der Waals surface area contributed by atoms with E-state index in [1.54, 1.807) is 0 Å². The number of aliphatic imine (C=N–C) groups is 1. The molecule has 0 N–H and O–H groups in total. The van der Waals surface area contributed by atoms with Crippen molar-refractivity contribution in [3.63, 3.8) is 0 Å². The Balaban J connectivity index is 1.89.